The van der Waals surface area contributed by atoms with Crippen molar-refractivity contribution in [2.75, 3.05) is 5.75 Å². The Bertz CT molecular complexity index is 1000. The summed E-state index contributed by atoms with van der Waals surface area (Å²) in [5, 5.41) is 9.64. The van der Waals surface area contributed by atoms with Crippen molar-refractivity contribution < 1.29 is 4.79 Å². The molecule has 6 heteroatoms. The van der Waals surface area contributed by atoms with Crippen LogP contribution >= 0.6 is 11.8 Å². The van der Waals surface area contributed by atoms with E-state index >= 15 is 0 Å². The van der Waals surface area contributed by atoms with Crippen molar-refractivity contribution in [1.29, 1.82) is 0 Å². The molecule has 0 bridgehead atoms. The maximum atomic E-state index is 12.9. The lowest BCUT2D eigenvalue weighted by atomic mass is 10.1. The molecule has 0 unspecified atom stereocenters. The number of benzene rings is 2. The Kier molecular flexibility index (Phi) is 6.98. The molecule has 1 amide bonds. The molecular weight excluding hydrogens is 392 g/mol. The Morgan fingerprint density at radius 1 is 0.967 bits per heavy atom. The lowest BCUT2D eigenvalue weighted by Gasteiger charge is -2.30. The summed E-state index contributed by atoms with van der Waals surface area (Å²) in [6, 6.07) is 16.7. The summed E-state index contributed by atoms with van der Waals surface area (Å²) < 4.78 is 2.05. The third kappa shape index (κ3) is 4.75. The molecule has 0 saturated heterocycles. The number of hydrogen-bond acceptors (Lipinski definition) is 4. The van der Waals surface area contributed by atoms with Gasteiger partial charge >= 0.3 is 0 Å². The van der Waals surface area contributed by atoms with E-state index in [0.29, 0.717) is 5.75 Å². The van der Waals surface area contributed by atoms with Gasteiger partial charge in [-0.2, -0.15) is 0 Å². The van der Waals surface area contributed by atoms with E-state index in [9.17, 15) is 4.79 Å². The normalized spacial score (nSPS) is 11.3. The quantitative estimate of drug-likeness (QED) is 0.486. The highest BCUT2D eigenvalue weighted by molar-refractivity contribution is 7.99. The van der Waals surface area contributed by atoms with Gasteiger partial charge in [-0.3, -0.25) is 9.36 Å². The second-order valence-electron chi connectivity index (χ2n) is 8.05. The molecule has 158 valence electrons. The minimum Gasteiger partial charge on any atom is -0.337 e. The molecule has 0 spiro atoms. The molecule has 0 aliphatic heterocycles. The Morgan fingerprint density at radius 2 is 1.63 bits per heavy atom. The minimum absolute atomic E-state index is 0.112. The molecule has 3 aromatic rings. The number of rotatable bonds is 7. The summed E-state index contributed by atoms with van der Waals surface area (Å²) in [6.45, 7) is 12.4. The van der Waals surface area contributed by atoms with E-state index in [1.54, 1.807) is 0 Å². The molecular formula is C24H30N4OS. The van der Waals surface area contributed by atoms with E-state index in [1.165, 1.54) is 22.9 Å². The average molecular weight is 423 g/mol. The van der Waals surface area contributed by atoms with Crippen molar-refractivity contribution in [2.24, 2.45) is 0 Å². The Hall–Kier alpha value is -2.60. The summed E-state index contributed by atoms with van der Waals surface area (Å²) in [5.74, 6) is 1.22. The van der Waals surface area contributed by atoms with Crippen LogP contribution in [0.25, 0.3) is 17.1 Å². The van der Waals surface area contributed by atoms with Gasteiger partial charge in [0.05, 0.1) is 11.4 Å². The van der Waals surface area contributed by atoms with Gasteiger partial charge in [-0.15, -0.1) is 10.2 Å². The molecule has 2 aromatic carbocycles. The first-order valence-electron chi connectivity index (χ1n) is 10.3. The van der Waals surface area contributed by atoms with Crippen LogP contribution in [0.15, 0.2) is 53.7 Å². The maximum Gasteiger partial charge on any atom is 0.233 e. The van der Waals surface area contributed by atoms with Crippen molar-refractivity contribution in [3.05, 3.63) is 59.7 Å². The summed E-state index contributed by atoms with van der Waals surface area (Å²) in [7, 11) is 0. The van der Waals surface area contributed by atoms with E-state index < -0.39 is 0 Å². The lowest BCUT2D eigenvalue weighted by Crippen LogP contribution is -2.43. The van der Waals surface area contributed by atoms with E-state index in [-0.39, 0.29) is 18.0 Å². The largest absolute Gasteiger partial charge is 0.337 e. The Morgan fingerprint density at radius 3 is 2.23 bits per heavy atom. The number of carbonyl (C=O) groups excluding carboxylic acids is 1. The second kappa shape index (κ2) is 9.47. The highest BCUT2D eigenvalue weighted by atomic mass is 32.2. The van der Waals surface area contributed by atoms with Gasteiger partial charge in [-0.25, -0.2) is 0 Å². The van der Waals surface area contributed by atoms with Crippen LogP contribution in [0.1, 0.15) is 38.8 Å². The highest BCUT2D eigenvalue weighted by Gasteiger charge is 2.22. The maximum absolute atomic E-state index is 12.9. The number of thioether (sulfide) groups is 1. The van der Waals surface area contributed by atoms with Gasteiger partial charge in [-0.1, -0.05) is 48.2 Å². The molecule has 5 nitrogen and oxygen atoms in total. The molecule has 30 heavy (non-hydrogen) atoms. The van der Waals surface area contributed by atoms with Crippen LogP contribution in [-0.4, -0.2) is 43.4 Å². The molecule has 1 heterocycles. The Balaban J connectivity index is 1.98. The van der Waals surface area contributed by atoms with Crippen molar-refractivity contribution in [3.63, 3.8) is 0 Å². The summed E-state index contributed by atoms with van der Waals surface area (Å²) in [6.07, 6.45) is 0. The molecule has 0 fully saturated rings. The molecule has 0 saturated carbocycles. The number of hydrogen-bond donors (Lipinski definition) is 0. The zero-order valence-electron chi connectivity index (χ0n) is 18.6. The zero-order valence-corrected chi connectivity index (χ0v) is 19.4. The first-order chi connectivity index (χ1) is 14.3. The van der Waals surface area contributed by atoms with Crippen LogP contribution in [0.4, 0.5) is 0 Å². The monoisotopic (exact) mass is 422 g/mol. The van der Waals surface area contributed by atoms with Crippen molar-refractivity contribution in [1.82, 2.24) is 19.7 Å². The standard InChI is InChI=1S/C24H30N4OS/c1-16(2)27(17(3)4)22(29)15-30-24-26-25-23(20-10-8-7-9-11-20)28(24)21-13-12-18(5)19(6)14-21/h7-14,16-17H,15H2,1-6H3. The average Bonchev–Trinajstić information content (AvgIpc) is 3.12. The fraction of sp³-hybridized carbons (Fsp3) is 0.375. The van der Waals surface area contributed by atoms with Crippen molar-refractivity contribution >= 4 is 17.7 Å². The molecule has 0 aliphatic rings. The van der Waals surface area contributed by atoms with E-state index in [4.69, 9.17) is 0 Å². The Labute approximate surface area is 183 Å². The molecule has 1 aromatic heterocycles. The van der Waals surface area contributed by atoms with Gasteiger partial charge < -0.3 is 4.90 Å². The summed E-state index contributed by atoms with van der Waals surface area (Å²) in [5.41, 5.74) is 4.44. The summed E-state index contributed by atoms with van der Waals surface area (Å²) in [4.78, 5) is 14.8. The first-order valence-corrected chi connectivity index (χ1v) is 11.3. The van der Waals surface area contributed by atoms with E-state index in [0.717, 1.165) is 22.2 Å². The fourth-order valence-corrected chi connectivity index (χ4v) is 4.43. The van der Waals surface area contributed by atoms with Gasteiger partial charge in [0, 0.05) is 17.6 Å². The number of amides is 1. The number of aromatic nitrogens is 3. The topological polar surface area (TPSA) is 51.0 Å². The van der Waals surface area contributed by atoms with Crippen LogP contribution < -0.4 is 0 Å². The van der Waals surface area contributed by atoms with Gasteiger partial charge in [0.25, 0.3) is 0 Å². The molecule has 0 radical (unpaired) electrons. The lowest BCUT2D eigenvalue weighted by molar-refractivity contribution is -0.131. The van der Waals surface area contributed by atoms with Crippen LogP contribution in [0, 0.1) is 13.8 Å². The second-order valence-corrected chi connectivity index (χ2v) is 9.00. The molecule has 0 aliphatic carbocycles. The van der Waals surface area contributed by atoms with Crippen molar-refractivity contribution in [2.45, 2.75) is 58.8 Å². The number of carbonyl (C=O) groups is 1. The SMILES string of the molecule is Cc1ccc(-n2c(SCC(=O)N(C(C)C)C(C)C)nnc2-c2ccccc2)cc1C. The highest BCUT2D eigenvalue weighted by Crippen LogP contribution is 2.29. The number of nitrogens with zero attached hydrogens (tertiary/aromatic N) is 4. The van der Waals surface area contributed by atoms with E-state index in [1.807, 2.05) is 62.9 Å². The van der Waals surface area contributed by atoms with Crippen LogP contribution in [0.5, 0.6) is 0 Å². The van der Waals surface area contributed by atoms with Gasteiger partial charge in [-0.05, 0) is 64.8 Å². The first kappa shape index (κ1) is 22.1. The minimum atomic E-state index is 0.112. The third-order valence-electron chi connectivity index (χ3n) is 5.14. The predicted octanol–water partition coefficient (Wildman–Crippen LogP) is 5.29. The summed E-state index contributed by atoms with van der Waals surface area (Å²) >= 11 is 1.44. The smallest absolute Gasteiger partial charge is 0.233 e. The van der Waals surface area contributed by atoms with Crippen molar-refractivity contribution in [3.8, 4) is 17.1 Å². The van der Waals surface area contributed by atoms with Crippen LogP contribution in [0.2, 0.25) is 0 Å². The third-order valence-corrected chi connectivity index (χ3v) is 6.05. The predicted molar refractivity (Wildman–Crippen MR) is 124 cm³/mol. The fourth-order valence-electron chi connectivity index (χ4n) is 3.61. The van der Waals surface area contributed by atoms with Gasteiger partial charge in [0.1, 0.15) is 0 Å². The molecule has 0 N–H and O–H groups in total. The van der Waals surface area contributed by atoms with Crippen LogP contribution in [-0.2, 0) is 4.79 Å². The van der Waals surface area contributed by atoms with E-state index in [2.05, 4.69) is 46.8 Å². The van der Waals surface area contributed by atoms with Gasteiger partial charge in [0.2, 0.25) is 5.91 Å². The number of aryl methyl sites for hydroxylation is 2. The van der Waals surface area contributed by atoms with Gasteiger partial charge in [0.15, 0.2) is 11.0 Å². The molecule has 3 rings (SSSR count). The zero-order chi connectivity index (χ0) is 21.8. The van der Waals surface area contributed by atoms with Crippen LogP contribution in [0.3, 0.4) is 0 Å². The molecule has 0 atom stereocenters.